The molecular weight excluding hydrogens is 454 g/mol. The molecule has 0 bridgehead atoms. The van der Waals surface area contributed by atoms with E-state index in [2.05, 4.69) is 10.5 Å². The van der Waals surface area contributed by atoms with Crippen LogP contribution in [0.2, 0.25) is 20.1 Å². The summed E-state index contributed by atoms with van der Waals surface area (Å²) in [6.07, 6.45) is 1.51. The van der Waals surface area contributed by atoms with Crippen molar-refractivity contribution in [3.8, 4) is 5.75 Å². The zero-order valence-electron chi connectivity index (χ0n) is 14.8. The van der Waals surface area contributed by atoms with Crippen molar-refractivity contribution in [3.05, 3.63) is 97.4 Å². The Morgan fingerprint density at radius 3 is 2.28 bits per heavy atom. The van der Waals surface area contributed by atoms with Gasteiger partial charge in [0.05, 0.1) is 16.8 Å². The van der Waals surface area contributed by atoms with Gasteiger partial charge in [0, 0.05) is 20.6 Å². The molecule has 0 unspecified atom stereocenters. The molecule has 0 aliphatic carbocycles. The van der Waals surface area contributed by atoms with E-state index in [1.807, 2.05) is 0 Å². The molecule has 3 aromatic carbocycles. The van der Waals surface area contributed by atoms with Crippen LogP contribution in [0.1, 0.15) is 21.5 Å². The molecule has 0 aromatic heterocycles. The maximum Gasteiger partial charge on any atom is 0.272 e. The lowest BCUT2D eigenvalue weighted by Crippen LogP contribution is -2.18. The quantitative estimate of drug-likeness (QED) is 0.326. The third kappa shape index (κ3) is 5.87. The van der Waals surface area contributed by atoms with Crippen LogP contribution in [0, 0.1) is 0 Å². The van der Waals surface area contributed by atoms with Crippen LogP contribution in [-0.4, -0.2) is 12.1 Å². The fourth-order valence-corrected chi connectivity index (χ4v) is 3.38. The first-order valence-electron chi connectivity index (χ1n) is 8.38. The molecule has 0 saturated carbocycles. The van der Waals surface area contributed by atoms with E-state index in [-0.39, 0.29) is 17.2 Å². The highest BCUT2D eigenvalue weighted by Crippen LogP contribution is 2.26. The Bertz CT molecular complexity index is 1030. The highest BCUT2D eigenvalue weighted by Gasteiger charge is 2.09. The number of hydrazone groups is 1. The second-order valence-electron chi connectivity index (χ2n) is 5.88. The van der Waals surface area contributed by atoms with Gasteiger partial charge in [-0.25, -0.2) is 5.43 Å². The number of halogens is 4. The number of hydrogen-bond donors (Lipinski definition) is 1. The Hall–Kier alpha value is -2.24. The number of hydrogen-bond acceptors (Lipinski definition) is 3. The van der Waals surface area contributed by atoms with Gasteiger partial charge in [-0.2, -0.15) is 5.10 Å². The molecular formula is C21H14Cl4N2O2. The number of benzene rings is 3. The van der Waals surface area contributed by atoms with Crippen molar-refractivity contribution in [1.29, 1.82) is 0 Å². The Balaban J connectivity index is 1.56. The highest BCUT2D eigenvalue weighted by molar-refractivity contribution is 6.37. The maximum absolute atomic E-state index is 12.1. The van der Waals surface area contributed by atoms with Crippen molar-refractivity contribution in [3.63, 3.8) is 0 Å². The van der Waals surface area contributed by atoms with Crippen LogP contribution in [-0.2, 0) is 6.61 Å². The summed E-state index contributed by atoms with van der Waals surface area (Å²) < 4.78 is 5.72. The molecule has 148 valence electrons. The van der Waals surface area contributed by atoms with E-state index in [1.54, 1.807) is 48.5 Å². The summed E-state index contributed by atoms with van der Waals surface area (Å²) in [6.45, 7) is 0.254. The fourth-order valence-electron chi connectivity index (χ4n) is 2.38. The van der Waals surface area contributed by atoms with Gasteiger partial charge >= 0.3 is 0 Å². The molecule has 0 radical (unpaired) electrons. The average molecular weight is 468 g/mol. The van der Waals surface area contributed by atoms with Crippen molar-refractivity contribution in [2.24, 2.45) is 5.10 Å². The molecule has 3 aromatic rings. The normalized spacial score (nSPS) is 10.9. The number of amides is 1. The van der Waals surface area contributed by atoms with Crippen LogP contribution < -0.4 is 10.2 Å². The van der Waals surface area contributed by atoms with E-state index < -0.39 is 5.91 Å². The summed E-state index contributed by atoms with van der Waals surface area (Å²) in [6, 6.07) is 17.1. The molecule has 0 heterocycles. The van der Waals surface area contributed by atoms with Crippen molar-refractivity contribution in [1.82, 2.24) is 5.43 Å². The largest absolute Gasteiger partial charge is 0.489 e. The minimum absolute atomic E-state index is 0.254. The lowest BCUT2D eigenvalue weighted by atomic mass is 10.2. The second-order valence-corrected chi connectivity index (χ2v) is 7.54. The summed E-state index contributed by atoms with van der Waals surface area (Å²) in [5.41, 5.74) is 4.21. The van der Waals surface area contributed by atoms with Crippen LogP contribution in [0.3, 0.4) is 0 Å². The molecule has 0 aliphatic rings. The number of nitrogens with one attached hydrogen (secondary N) is 1. The van der Waals surface area contributed by atoms with Crippen LogP contribution in [0.5, 0.6) is 5.75 Å². The lowest BCUT2D eigenvalue weighted by Gasteiger charge is -2.09. The SMILES string of the molecule is O=C(N/N=C\c1ccc(OCc2c(Cl)cccc2Cl)cc1)c1ccc(Cl)cc1Cl. The summed E-state index contributed by atoms with van der Waals surface area (Å²) in [7, 11) is 0. The van der Waals surface area contributed by atoms with E-state index in [9.17, 15) is 4.79 Å². The van der Waals surface area contributed by atoms with Gasteiger partial charge in [-0.15, -0.1) is 0 Å². The van der Waals surface area contributed by atoms with E-state index in [0.717, 1.165) is 11.1 Å². The summed E-state index contributed by atoms with van der Waals surface area (Å²) in [4.78, 5) is 12.1. The number of carbonyl (C=O) groups is 1. The first-order chi connectivity index (χ1) is 13.9. The van der Waals surface area contributed by atoms with Crippen LogP contribution >= 0.6 is 46.4 Å². The Morgan fingerprint density at radius 2 is 1.62 bits per heavy atom. The predicted octanol–water partition coefficient (Wildman–Crippen LogP) is 6.64. The predicted molar refractivity (Wildman–Crippen MR) is 119 cm³/mol. The first-order valence-corrected chi connectivity index (χ1v) is 9.89. The minimum atomic E-state index is -0.431. The average Bonchev–Trinajstić information content (AvgIpc) is 2.68. The van der Waals surface area contributed by atoms with E-state index >= 15 is 0 Å². The van der Waals surface area contributed by atoms with Gasteiger partial charge in [0.2, 0.25) is 0 Å². The Labute approximate surface area is 188 Å². The molecule has 0 saturated heterocycles. The molecule has 0 atom stereocenters. The van der Waals surface area contributed by atoms with Gasteiger partial charge in [-0.05, 0) is 60.2 Å². The van der Waals surface area contributed by atoms with Crippen LogP contribution in [0.4, 0.5) is 0 Å². The third-order valence-corrected chi connectivity index (χ3v) is 5.14. The van der Waals surface area contributed by atoms with Crippen molar-refractivity contribution >= 4 is 58.5 Å². The number of rotatable bonds is 6. The van der Waals surface area contributed by atoms with E-state index in [1.165, 1.54) is 18.3 Å². The molecule has 1 N–H and O–H groups in total. The standard InChI is InChI=1S/C21H14Cl4N2O2/c22-14-6-9-16(20(25)10-14)21(28)27-26-11-13-4-7-15(8-5-13)29-12-17-18(23)2-1-3-19(17)24/h1-11H,12H2,(H,27,28)/b26-11-. The third-order valence-electron chi connectivity index (χ3n) is 3.88. The van der Waals surface area contributed by atoms with Crippen molar-refractivity contribution < 1.29 is 9.53 Å². The highest BCUT2D eigenvalue weighted by atomic mass is 35.5. The molecule has 0 spiro atoms. The number of carbonyl (C=O) groups excluding carboxylic acids is 1. The zero-order chi connectivity index (χ0) is 20.8. The van der Waals surface area contributed by atoms with Gasteiger partial charge < -0.3 is 4.74 Å². The zero-order valence-corrected chi connectivity index (χ0v) is 17.9. The smallest absolute Gasteiger partial charge is 0.272 e. The summed E-state index contributed by atoms with van der Waals surface area (Å²) in [5.74, 6) is 0.217. The van der Waals surface area contributed by atoms with Crippen molar-refractivity contribution in [2.45, 2.75) is 6.61 Å². The van der Waals surface area contributed by atoms with Gasteiger partial charge in [-0.3, -0.25) is 4.79 Å². The monoisotopic (exact) mass is 466 g/mol. The number of nitrogens with zero attached hydrogens (tertiary/aromatic N) is 1. The minimum Gasteiger partial charge on any atom is -0.489 e. The summed E-state index contributed by atoms with van der Waals surface area (Å²) in [5, 5.41) is 5.75. The molecule has 8 heteroatoms. The van der Waals surface area contributed by atoms with Gasteiger partial charge in [0.25, 0.3) is 5.91 Å². The van der Waals surface area contributed by atoms with Gasteiger partial charge in [0.15, 0.2) is 0 Å². The molecule has 0 aliphatic heterocycles. The summed E-state index contributed by atoms with van der Waals surface area (Å²) >= 11 is 24.1. The first kappa shape index (κ1) is 21.5. The molecule has 0 fully saturated rings. The van der Waals surface area contributed by atoms with Crippen LogP contribution in [0.25, 0.3) is 0 Å². The molecule has 3 rings (SSSR count). The maximum atomic E-state index is 12.1. The number of ether oxygens (including phenoxy) is 1. The van der Waals surface area contributed by atoms with Crippen molar-refractivity contribution in [2.75, 3.05) is 0 Å². The van der Waals surface area contributed by atoms with E-state index in [0.29, 0.717) is 20.8 Å². The van der Waals surface area contributed by atoms with Gasteiger partial charge in [0.1, 0.15) is 12.4 Å². The van der Waals surface area contributed by atoms with E-state index in [4.69, 9.17) is 51.1 Å². The molecule has 29 heavy (non-hydrogen) atoms. The lowest BCUT2D eigenvalue weighted by molar-refractivity contribution is 0.0955. The second kappa shape index (κ2) is 9.99. The molecule has 1 amide bonds. The fraction of sp³-hybridized carbons (Fsp3) is 0.0476. The van der Waals surface area contributed by atoms with Crippen LogP contribution in [0.15, 0.2) is 65.8 Å². The Kier molecular flexibility index (Phi) is 7.40. The topological polar surface area (TPSA) is 50.7 Å². The van der Waals surface area contributed by atoms with Gasteiger partial charge in [-0.1, -0.05) is 52.5 Å². The Morgan fingerprint density at radius 1 is 0.931 bits per heavy atom. The molecule has 4 nitrogen and oxygen atoms in total.